The lowest BCUT2D eigenvalue weighted by Gasteiger charge is -2.16. The molecule has 29 heavy (non-hydrogen) atoms. The molecule has 0 saturated carbocycles. The molecular weight excluding hydrogens is 360 g/mol. The van der Waals surface area contributed by atoms with Crippen LogP contribution in [0.15, 0.2) is 66.9 Å². The maximum atomic E-state index is 13.0. The molecule has 5 nitrogen and oxygen atoms in total. The van der Waals surface area contributed by atoms with Gasteiger partial charge in [0.25, 0.3) is 5.91 Å². The lowest BCUT2D eigenvalue weighted by molar-refractivity contribution is 0.0938. The van der Waals surface area contributed by atoms with Gasteiger partial charge in [0, 0.05) is 11.8 Å². The maximum Gasteiger partial charge on any atom is 0.255 e. The summed E-state index contributed by atoms with van der Waals surface area (Å²) < 4.78 is 1.82. The molecule has 5 heteroatoms. The molecule has 1 atom stereocenters. The fourth-order valence-corrected chi connectivity index (χ4v) is 3.71. The van der Waals surface area contributed by atoms with E-state index in [2.05, 4.69) is 22.4 Å². The van der Waals surface area contributed by atoms with Gasteiger partial charge in [-0.3, -0.25) is 4.79 Å². The molecule has 0 aliphatic carbocycles. The molecular formula is C24H24N4O. The second-order valence-electron chi connectivity index (χ2n) is 7.14. The number of nitrogens with zero attached hydrogens (tertiary/aromatic N) is 3. The number of hydrogen-bond donors (Lipinski definition) is 1. The number of fused-ring (bicyclic) bond motifs is 1. The minimum atomic E-state index is -0.137. The monoisotopic (exact) mass is 384 g/mol. The summed E-state index contributed by atoms with van der Waals surface area (Å²) in [5, 5.41) is 7.80. The van der Waals surface area contributed by atoms with E-state index < -0.39 is 0 Å². The van der Waals surface area contributed by atoms with Crippen LogP contribution in [0.5, 0.6) is 0 Å². The second kappa shape index (κ2) is 7.87. The normalized spacial score (nSPS) is 12.1. The zero-order chi connectivity index (χ0) is 20.4. The molecule has 1 N–H and O–H groups in total. The van der Waals surface area contributed by atoms with Crippen molar-refractivity contribution in [2.24, 2.45) is 0 Å². The summed E-state index contributed by atoms with van der Waals surface area (Å²) in [6, 6.07) is 20.0. The molecule has 2 aromatic heterocycles. The van der Waals surface area contributed by atoms with Crippen LogP contribution < -0.4 is 5.32 Å². The number of rotatable bonds is 5. The Balaban J connectivity index is 1.74. The molecule has 0 bridgehead atoms. The van der Waals surface area contributed by atoms with E-state index >= 15 is 0 Å². The molecule has 0 aliphatic rings. The van der Waals surface area contributed by atoms with Gasteiger partial charge in [-0.15, -0.1) is 0 Å². The van der Waals surface area contributed by atoms with Crippen LogP contribution >= 0.6 is 0 Å². The highest BCUT2D eigenvalue weighted by Crippen LogP contribution is 2.28. The largest absolute Gasteiger partial charge is 0.345 e. The highest BCUT2D eigenvalue weighted by Gasteiger charge is 2.21. The Labute approximate surface area is 170 Å². The fraction of sp³-hybridized carbons (Fsp3) is 0.208. The Kier molecular flexibility index (Phi) is 5.12. The first-order valence-corrected chi connectivity index (χ1v) is 9.88. The number of hydrogen-bond acceptors (Lipinski definition) is 3. The summed E-state index contributed by atoms with van der Waals surface area (Å²) >= 11 is 0. The summed E-state index contributed by atoms with van der Waals surface area (Å²) in [4.78, 5) is 17.6. The molecule has 4 aromatic rings. The van der Waals surface area contributed by atoms with E-state index in [-0.39, 0.29) is 11.9 Å². The van der Waals surface area contributed by atoms with Crippen LogP contribution in [0.1, 0.15) is 47.2 Å². The summed E-state index contributed by atoms with van der Waals surface area (Å²) in [6.45, 7) is 6.00. The molecule has 1 amide bonds. The van der Waals surface area contributed by atoms with Crippen molar-refractivity contribution in [1.82, 2.24) is 19.9 Å². The van der Waals surface area contributed by atoms with E-state index in [9.17, 15) is 4.79 Å². The molecule has 2 aromatic carbocycles. The topological polar surface area (TPSA) is 59.3 Å². The molecule has 0 saturated heterocycles. The Bertz CT molecular complexity index is 1150. The molecule has 0 aliphatic heterocycles. The Hall–Kier alpha value is -3.47. The van der Waals surface area contributed by atoms with Crippen molar-refractivity contribution in [2.45, 2.75) is 33.2 Å². The van der Waals surface area contributed by atoms with Crippen LogP contribution in [-0.2, 0) is 6.42 Å². The molecule has 0 radical (unpaired) electrons. The molecule has 4 rings (SSSR count). The summed E-state index contributed by atoms with van der Waals surface area (Å²) in [7, 11) is 0. The Morgan fingerprint density at radius 2 is 1.72 bits per heavy atom. The number of benzene rings is 2. The summed E-state index contributed by atoms with van der Waals surface area (Å²) in [5.74, 6) is -0.137. The second-order valence-corrected chi connectivity index (χ2v) is 7.14. The predicted octanol–water partition coefficient (Wildman–Crippen LogP) is 4.76. The highest BCUT2D eigenvalue weighted by molar-refractivity contribution is 5.96. The van der Waals surface area contributed by atoms with Crippen molar-refractivity contribution in [3.8, 4) is 11.1 Å². The number of carbonyl (C=O) groups excluding carboxylic acids is 1. The zero-order valence-corrected chi connectivity index (χ0v) is 16.9. The lowest BCUT2D eigenvalue weighted by atomic mass is 10.1. The van der Waals surface area contributed by atoms with E-state index in [1.807, 2.05) is 73.8 Å². The quantitative estimate of drug-likeness (QED) is 0.540. The SMILES string of the molecule is CCc1c(C(=O)N[C@@H](C)c2ccccc2)cnc2c(-c3ccccc3)c(C)nn12. The Morgan fingerprint density at radius 3 is 2.38 bits per heavy atom. The van der Waals surface area contributed by atoms with Gasteiger partial charge in [0.1, 0.15) is 0 Å². The van der Waals surface area contributed by atoms with Gasteiger partial charge in [0.2, 0.25) is 0 Å². The first kappa shape index (κ1) is 18.9. The molecule has 0 spiro atoms. The number of aryl methyl sites for hydroxylation is 2. The molecule has 2 heterocycles. The average molecular weight is 384 g/mol. The molecule has 0 unspecified atom stereocenters. The maximum absolute atomic E-state index is 13.0. The number of amides is 1. The van der Waals surface area contributed by atoms with Gasteiger partial charge in [-0.05, 0) is 31.4 Å². The Morgan fingerprint density at radius 1 is 1.07 bits per heavy atom. The van der Waals surface area contributed by atoms with E-state index in [1.165, 1.54) is 0 Å². The van der Waals surface area contributed by atoms with E-state index in [1.54, 1.807) is 6.20 Å². The van der Waals surface area contributed by atoms with E-state index in [0.717, 1.165) is 33.7 Å². The summed E-state index contributed by atoms with van der Waals surface area (Å²) in [5.41, 5.74) is 6.23. The van der Waals surface area contributed by atoms with Crippen LogP contribution in [0.2, 0.25) is 0 Å². The van der Waals surface area contributed by atoms with Gasteiger partial charge in [0.05, 0.1) is 23.0 Å². The third kappa shape index (κ3) is 3.51. The summed E-state index contributed by atoms with van der Waals surface area (Å²) in [6.07, 6.45) is 2.35. The van der Waals surface area contributed by atoms with Gasteiger partial charge in [-0.25, -0.2) is 9.50 Å². The van der Waals surface area contributed by atoms with E-state index in [0.29, 0.717) is 12.0 Å². The van der Waals surface area contributed by atoms with Crippen LogP contribution in [0.25, 0.3) is 16.8 Å². The van der Waals surface area contributed by atoms with Crippen LogP contribution in [-0.4, -0.2) is 20.5 Å². The van der Waals surface area contributed by atoms with Gasteiger partial charge >= 0.3 is 0 Å². The van der Waals surface area contributed by atoms with Crippen LogP contribution in [0, 0.1) is 6.92 Å². The van der Waals surface area contributed by atoms with Gasteiger partial charge in [-0.1, -0.05) is 67.6 Å². The van der Waals surface area contributed by atoms with Crippen LogP contribution in [0.4, 0.5) is 0 Å². The number of nitrogens with one attached hydrogen (secondary N) is 1. The van der Waals surface area contributed by atoms with Crippen molar-refractivity contribution < 1.29 is 4.79 Å². The lowest BCUT2D eigenvalue weighted by Crippen LogP contribution is -2.28. The third-order valence-corrected chi connectivity index (χ3v) is 5.21. The minimum Gasteiger partial charge on any atom is -0.345 e. The van der Waals surface area contributed by atoms with Crippen molar-refractivity contribution in [2.75, 3.05) is 0 Å². The van der Waals surface area contributed by atoms with Crippen molar-refractivity contribution in [3.63, 3.8) is 0 Å². The van der Waals surface area contributed by atoms with Crippen molar-refractivity contribution in [3.05, 3.63) is 89.4 Å². The zero-order valence-electron chi connectivity index (χ0n) is 16.9. The number of carbonyl (C=O) groups is 1. The predicted molar refractivity (Wildman–Crippen MR) is 115 cm³/mol. The van der Waals surface area contributed by atoms with Crippen molar-refractivity contribution >= 4 is 11.6 Å². The minimum absolute atomic E-state index is 0.0941. The average Bonchev–Trinajstić information content (AvgIpc) is 3.09. The standard InChI is InChI=1S/C24H24N4O/c1-4-21-20(24(29)26-16(2)18-11-7-5-8-12-18)15-25-23-22(17(3)27-28(21)23)19-13-9-6-10-14-19/h5-16H,4H2,1-3H3,(H,26,29)/t16-/m0/s1. The molecule has 146 valence electrons. The van der Waals surface area contributed by atoms with Gasteiger partial charge in [-0.2, -0.15) is 5.10 Å². The van der Waals surface area contributed by atoms with Crippen LogP contribution in [0.3, 0.4) is 0 Å². The van der Waals surface area contributed by atoms with Gasteiger partial charge in [0.15, 0.2) is 5.65 Å². The first-order valence-electron chi connectivity index (χ1n) is 9.88. The van der Waals surface area contributed by atoms with E-state index in [4.69, 9.17) is 5.10 Å². The highest BCUT2D eigenvalue weighted by atomic mass is 16.1. The number of aromatic nitrogens is 3. The van der Waals surface area contributed by atoms with Gasteiger partial charge < -0.3 is 5.32 Å². The fourth-order valence-electron chi connectivity index (χ4n) is 3.71. The smallest absolute Gasteiger partial charge is 0.255 e. The van der Waals surface area contributed by atoms with Crippen molar-refractivity contribution in [1.29, 1.82) is 0 Å². The first-order chi connectivity index (χ1) is 14.1. The molecule has 0 fully saturated rings. The third-order valence-electron chi connectivity index (χ3n) is 5.21.